The molecule has 0 amide bonds. The van der Waals surface area contributed by atoms with E-state index in [9.17, 15) is 0 Å². The third-order valence-electron chi connectivity index (χ3n) is 1.21. The fourth-order valence-corrected chi connectivity index (χ4v) is 0.753. The molecule has 1 aromatic rings. The Morgan fingerprint density at radius 3 is 2.82 bits per heavy atom. The van der Waals surface area contributed by atoms with Crippen molar-refractivity contribution < 1.29 is 5.21 Å². The summed E-state index contributed by atoms with van der Waals surface area (Å²) in [5.41, 5.74) is 1.51. The van der Waals surface area contributed by atoms with Crippen LogP contribution < -0.4 is 5.46 Å². The average Bonchev–Trinajstić information content (AvgIpc) is 2.05. The number of nitrogens with zero attached hydrogens (tertiary/aromatic N) is 2. The zero-order chi connectivity index (χ0) is 8.27. The third-order valence-corrected chi connectivity index (χ3v) is 1.48. The van der Waals surface area contributed by atoms with Crippen molar-refractivity contribution in [2.45, 2.75) is 0 Å². The minimum Gasteiger partial charge on any atom is -0.410 e. The van der Waals surface area contributed by atoms with Gasteiger partial charge in [0.1, 0.15) is 13.5 Å². The first-order valence-electron chi connectivity index (χ1n) is 3.04. The molecule has 0 bridgehead atoms. The lowest BCUT2D eigenvalue weighted by Gasteiger charge is -1.94. The van der Waals surface area contributed by atoms with E-state index in [1.54, 1.807) is 12.3 Å². The van der Waals surface area contributed by atoms with Crippen molar-refractivity contribution in [1.29, 1.82) is 0 Å². The molecular weight excluding hydrogens is 162 g/mol. The first kappa shape index (κ1) is 8.08. The highest BCUT2D eigenvalue weighted by Gasteiger charge is 1.99. The second kappa shape index (κ2) is 3.39. The van der Waals surface area contributed by atoms with E-state index in [1.165, 1.54) is 0 Å². The second-order valence-electron chi connectivity index (χ2n) is 2.11. The minimum absolute atomic E-state index is 0.00463. The molecule has 11 heavy (non-hydrogen) atoms. The molecule has 1 N–H and O–H groups in total. The molecule has 0 spiro atoms. The SMILES string of the molecule is Bc1ccc(/C(Cl)=N/O)nc1. The first-order valence-corrected chi connectivity index (χ1v) is 3.42. The maximum Gasteiger partial charge on any atom is 0.193 e. The molecule has 1 aromatic heterocycles. The van der Waals surface area contributed by atoms with Gasteiger partial charge in [-0.15, -0.1) is 0 Å². The molecule has 0 aliphatic rings. The topological polar surface area (TPSA) is 45.5 Å². The Labute approximate surface area is 70.1 Å². The van der Waals surface area contributed by atoms with Gasteiger partial charge in [-0.25, -0.2) is 0 Å². The molecule has 1 heterocycles. The van der Waals surface area contributed by atoms with Gasteiger partial charge in [-0.3, -0.25) is 4.98 Å². The molecule has 0 saturated heterocycles. The van der Waals surface area contributed by atoms with E-state index in [0.717, 1.165) is 5.46 Å². The van der Waals surface area contributed by atoms with Crippen molar-refractivity contribution >= 4 is 30.1 Å². The maximum absolute atomic E-state index is 8.27. The summed E-state index contributed by atoms with van der Waals surface area (Å²) in [4.78, 5) is 3.93. The van der Waals surface area contributed by atoms with Gasteiger partial charge in [0.05, 0.1) is 0 Å². The average molecular weight is 168 g/mol. The van der Waals surface area contributed by atoms with Gasteiger partial charge in [0.25, 0.3) is 0 Å². The molecule has 0 saturated carbocycles. The molecule has 0 radical (unpaired) electrons. The summed E-state index contributed by atoms with van der Waals surface area (Å²) in [6, 6.07) is 3.54. The quantitative estimate of drug-likeness (QED) is 0.271. The molecule has 0 unspecified atom stereocenters. The number of halogens is 1. The van der Waals surface area contributed by atoms with Gasteiger partial charge in [-0.05, 0) is 6.07 Å². The molecule has 0 aromatic carbocycles. The van der Waals surface area contributed by atoms with Crippen LogP contribution in [-0.4, -0.2) is 23.2 Å². The summed E-state index contributed by atoms with van der Waals surface area (Å²) in [6.07, 6.45) is 1.66. The lowest BCUT2D eigenvalue weighted by Crippen LogP contribution is -2.05. The molecular formula is C6H6BClN2O. The molecule has 3 nitrogen and oxygen atoms in total. The Balaban J connectivity index is 2.99. The highest BCUT2D eigenvalue weighted by atomic mass is 35.5. The van der Waals surface area contributed by atoms with E-state index < -0.39 is 0 Å². The van der Waals surface area contributed by atoms with Gasteiger partial charge in [0.15, 0.2) is 5.17 Å². The lowest BCUT2D eigenvalue weighted by atomic mass is 9.99. The van der Waals surface area contributed by atoms with Crippen LogP contribution in [0.25, 0.3) is 0 Å². The first-order chi connectivity index (χ1) is 5.24. The van der Waals surface area contributed by atoms with Gasteiger partial charge in [-0.1, -0.05) is 28.3 Å². The van der Waals surface area contributed by atoms with Crippen LogP contribution in [0.5, 0.6) is 0 Å². The van der Waals surface area contributed by atoms with Crippen LogP contribution >= 0.6 is 11.6 Å². The van der Waals surface area contributed by atoms with Crippen LogP contribution in [0.4, 0.5) is 0 Å². The van der Waals surface area contributed by atoms with Crippen LogP contribution in [0.1, 0.15) is 5.69 Å². The highest BCUT2D eigenvalue weighted by molar-refractivity contribution is 6.69. The standard InChI is InChI=1S/C6H6BClN2O/c7-4-1-2-5(9-3-4)6(8)10-11/h1-3,11H,7H2/b10-6-. The summed E-state index contributed by atoms with van der Waals surface area (Å²) in [5.74, 6) is 0. The van der Waals surface area contributed by atoms with Gasteiger partial charge in [0, 0.05) is 6.20 Å². The van der Waals surface area contributed by atoms with Crippen LogP contribution in [0, 0.1) is 0 Å². The monoisotopic (exact) mass is 168 g/mol. The third kappa shape index (κ3) is 1.95. The Bertz CT molecular complexity index is 272. The van der Waals surface area contributed by atoms with E-state index in [0.29, 0.717) is 5.69 Å². The fourth-order valence-electron chi connectivity index (χ4n) is 0.641. The Morgan fingerprint density at radius 1 is 1.64 bits per heavy atom. The molecule has 0 atom stereocenters. The number of oxime groups is 1. The van der Waals surface area contributed by atoms with Gasteiger partial charge in [-0.2, -0.15) is 0 Å². The van der Waals surface area contributed by atoms with E-state index in [4.69, 9.17) is 16.8 Å². The van der Waals surface area contributed by atoms with Crippen LogP contribution in [0.15, 0.2) is 23.5 Å². The van der Waals surface area contributed by atoms with E-state index in [1.807, 2.05) is 13.9 Å². The van der Waals surface area contributed by atoms with Crippen molar-refractivity contribution in [2.75, 3.05) is 0 Å². The minimum atomic E-state index is 0.00463. The predicted octanol–water partition coefficient (Wildman–Crippen LogP) is -0.285. The predicted molar refractivity (Wildman–Crippen MR) is 46.6 cm³/mol. The van der Waals surface area contributed by atoms with Crippen molar-refractivity contribution in [3.05, 3.63) is 24.0 Å². The van der Waals surface area contributed by atoms with Crippen molar-refractivity contribution in [3.63, 3.8) is 0 Å². The number of hydrogen-bond donors (Lipinski definition) is 1. The smallest absolute Gasteiger partial charge is 0.193 e. The molecule has 1 rings (SSSR count). The molecule has 0 aliphatic heterocycles. The number of pyridine rings is 1. The zero-order valence-electron chi connectivity index (χ0n) is 5.95. The fraction of sp³-hybridized carbons (Fsp3) is 0. The van der Waals surface area contributed by atoms with Crippen molar-refractivity contribution in [2.24, 2.45) is 5.16 Å². The summed E-state index contributed by atoms with van der Waals surface area (Å²) in [6.45, 7) is 0. The van der Waals surface area contributed by atoms with Crippen LogP contribution in [0.2, 0.25) is 0 Å². The molecule has 0 fully saturated rings. The second-order valence-corrected chi connectivity index (χ2v) is 2.47. The lowest BCUT2D eigenvalue weighted by molar-refractivity contribution is 0.320. The highest BCUT2D eigenvalue weighted by Crippen LogP contribution is 1.98. The summed E-state index contributed by atoms with van der Waals surface area (Å²) in [7, 11) is 1.92. The number of aromatic nitrogens is 1. The zero-order valence-corrected chi connectivity index (χ0v) is 6.71. The molecule has 0 aliphatic carbocycles. The molecule has 56 valence electrons. The Kier molecular flexibility index (Phi) is 2.49. The van der Waals surface area contributed by atoms with E-state index in [2.05, 4.69) is 10.1 Å². The normalized spacial score (nSPS) is 11.5. The van der Waals surface area contributed by atoms with Crippen LogP contribution in [0.3, 0.4) is 0 Å². The Morgan fingerprint density at radius 2 is 2.36 bits per heavy atom. The summed E-state index contributed by atoms with van der Waals surface area (Å²) >= 11 is 5.48. The van der Waals surface area contributed by atoms with E-state index >= 15 is 0 Å². The Hall–Kier alpha value is -1.03. The number of hydrogen-bond acceptors (Lipinski definition) is 3. The van der Waals surface area contributed by atoms with E-state index in [-0.39, 0.29) is 5.17 Å². The summed E-state index contributed by atoms with van der Waals surface area (Å²) < 4.78 is 0. The van der Waals surface area contributed by atoms with Crippen molar-refractivity contribution in [1.82, 2.24) is 4.98 Å². The van der Waals surface area contributed by atoms with Crippen LogP contribution in [-0.2, 0) is 0 Å². The maximum atomic E-state index is 8.27. The van der Waals surface area contributed by atoms with Gasteiger partial charge >= 0.3 is 0 Å². The molecule has 5 heteroatoms. The van der Waals surface area contributed by atoms with Gasteiger partial charge < -0.3 is 5.21 Å². The number of rotatable bonds is 1. The summed E-state index contributed by atoms with van der Waals surface area (Å²) in [5, 5.41) is 11.1. The largest absolute Gasteiger partial charge is 0.410 e. The van der Waals surface area contributed by atoms with Crippen molar-refractivity contribution in [3.8, 4) is 0 Å². The van der Waals surface area contributed by atoms with Gasteiger partial charge in [0.2, 0.25) is 0 Å².